The van der Waals surface area contributed by atoms with E-state index in [2.05, 4.69) is 20.2 Å². The van der Waals surface area contributed by atoms with Gasteiger partial charge in [-0.3, -0.25) is 19.7 Å². The number of alkyl halides is 3. The average Bonchev–Trinajstić information content (AvgIpc) is 2.94. The van der Waals surface area contributed by atoms with Crippen LogP contribution in [0.15, 0.2) is 79.1 Å². The molecule has 0 bridgehead atoms. The first-order valence-electron chi connectivity index (χ1n) is 12.5. The highest BCUT2D eigenvalue weighted by atomic mass is 35.5. The minimum Gasteiger partial charge on any atom is -0.385 e. The normalized spacial score (nSPS) is 16.6. The van der Waals surface area contributed by atoms with E-state index in [0.717, 1.165) is 11.6 Å². The third-order valence-corrected chi connectivity index (χ3v) is 7.51. The molecule has 6 nitrogen and oxygen atoms in total. The number of rotatable bonds is 6. The number of carbonyl (C=O) groups is 1. The van der Waals surface area contributed by atoms with Gasteiger partial charge < -0.3 is 10.4 Å². The number of likely N-dealkylation sites (tertiary alicyclic amines) is 1. The molecule has 2 N–H and O–H groups in total. The molecule has 0 radical (unpaired) electrons. The summed E-state index contributed by atoms with van der Waals surface area (Å²) in [7, 11) is 0. The van der Waals surface area contributed by atoms with Gasteiger partial charge in [0.1, 0.15) is 5.69 Å². The molecule has 4 aromatic rings. The second-order valence-electron chi connectivity index (χ2n) is 9.65. The van der Waals surface area contributed by atoms with Crippen molar-refractivity contribution in [1.29, 1.82) is 0 Å². The molecular weight excluding hydrogens is 529 g/mol. The van der Waals surface area contributed by atoms with Crippen LogP contribution < -0.4 is 5.32 Å². The van der Waals surface area contributed by atoms with Crippen LogP contribution in [0.2, 0.25) is 5.02 Å². The standard InChI is InChI=1S/C29H26ClF3N4O2/c30-21-9-7-20(8-10-21)28(39)12-15-37(16-13-28)25(19-6-11-26(35-17-19)29(31,32)33)18-36-27(38)23-3-1-5-24-22(23)4-2-14-34-24/h1-11,14,17,25,39H,12-13,15-16,18H2,(H,36,38). The molecule has 0 aliphatic carbocycles. The van der Waals surface area contributed by atoms with Gasteiger partial charge in [0.25, 0.3) is 5.91 Å². The van der Waals surface area contributed by atoms with Gasteiger partial charge in [0.2, 0.25) is 0 Å². The Morgan fingerprint density at radius 3 is 2.44 bits per heavy atom. The van der Waals surface area contributed by atoms with Crippen molar-refractivity contribution in [3.8, 4) is 0 Å². The molecule has 1 saturated heterocycles. The van der Waals surface area contributed by atoms with Crippen LogP contribution in [0.3, 0.4) is 0 Å². The Hall–Kier alpha value is -3.53. The molecule has 0 spiro atoms. The van der Waals surface area contributed by atoms with E-state index in [9.17, 15) is 23.1 Å². The minimum atomic E-state index is -4.55. The number of aliphatic hydroxyl groups is 1. The molecule has 1 unspecified atom stereocenters. The molecule has 1 aliphatic heterocycles. The molecule has 2 aromatic heterocycles. The van der Waals surface area contributed by atoms with Crippen LogP contribution >= 0.6 is 11.6 Å². The van der Waals surface area contributed by atoms with Crippen molar-refractivity contribution in [1.82, 2.24) is 20.2 Å². The fourth-order valence-electron chi connectivity index (χ4n) is 5.07. The van der Waals surface area contributed by atoms with Gasteiger partial charge >= 0.3 is 6.18 Å². The molecule has 202 valence electrons. The Labute approximate surface area is 228 Å². The highest BCUT2D eigenvalue weighted by Gasteiger charge is 2.37. The Bertz CT molecular complexity index is 1450. The van der Waals surface area contributed by atoms with Crippen molar-refractivity contribution < 1.29 is 23.1 Å². The number of aromatic nitrogens is 2. The zero-order valence-electron chi connectivity index (χ0n) is 20.8. The summed E-state index contributed by atoms with van der Waals surface area (Å²) in [5.41, 5.74) is 0.417. The molecule has 2 aromatic carbocycles. The van der Waals surface area contributed by atoms with Crippen molar-refractivity contribution >= 4 is 28.4 Å². The second kappa shape index (κ2) is 10.9. The van der Waals surface area contributed by atoms with Gasteiger partial charge in [-0.15, -0.1) is 0 Å². The maximum atomic E-state index is 13.2. The summed E-state index contributed by atoms with van der Waals surface area (Å²) in [5.74, 6) is -0.312. The van der Waals surface area contributed by atoms with Crippen LogP contribution in [-0.4, -0.2) is 45.5 Å². The molecular formula is C29H26ClF3N4O2. The Kier molecular flexibility index (Phi) is 7.57. The Morgan fingerprint density at radius 2 is 1.77 bits per heavy atom. The zero-order valence-corrected chi connectivity index (χ0v) is 21.6. The van der Waals surface area contributed by atoms with Crippen molar-refractivity contribution in [2.45, 2.75) is 30.7 Å². The molecule has 3 heterocycles. The van der Waals surface area contributed by atoms with Crippen LogP contribution in [0.1, 0.15) is 46.1 Å². The largest absolute Gasteiger partial charge is 0.433 e. The SMILES string of the molecule is O=C(NCC(c1ccc(C(F)(F)F)nc1)N1CCC(O)(c2ccc(Cl)cc2)CC1)c1cccc2ncccc12. The summed E-state index contributed by atoms with van der Waals surface area (Å²) < 4.78 is 39.4. The number of pyridine rings is 2. The summed E-state index contributed by atoms with van der Waals surface area (Å²) in [6.07, 6.45) is -0.879. The number of halogens is 4. The fraction of sp³-hybridized carbons (Fsp3) is 0.276. The molecule has 5 rings (SSSR count). The van der Waals surface area contributed by atoms with E-state index in [0.29, 0.717) is 53.0 Å². The second-order valence-corrected chi connectivity index (χ2v) is 10.1. The number of nitrogens with zero attached hydrogens (tertiary/aromatic N) is 3. The molecule has 10 heteroatoms. The monoisotopic (exact) mass is 554 g/mol. The molecule has 1 aliphatic rings. The van der Waals surface area contributed by atoms with E-state index in [4.69, 9.17) is 11.6 Å². The maximum absolute atomic E-state index is 13.2. The van der Waals surface area contributed by atoms with Crippen LogP contribution in [0, 0.1) is 0 Å². The lowest BCUT2D eigenvalue weighted by molar-refractivity contribution is -0.141. The van der Waals surface area contributed by atoms with E-state index < -0.39 is 23.5 Å². The number of benzene rings is 2. The number of hydrogen-bond acceptors (Lipinski definition) is 5. The van der Waals surface area contributed by atoms with Gasteiger partial charge in [0.05, 0.1) is 17.2 Å². The van der Waals surface area contributed by atoms with Gasteiger partial charge in [-0.25, -0.2) is 0 Å². The van der Waals surface area contributed by atoms with E-state index >= 15 is 0 Å². The van der Waals surface area contributed by atoms with Crippen molar-refractivity contribution in [3.63, 3.8) is 0 Å². The van der Waals surface area contributed by atoms with E-state index in [-0.39, 0.29) is 12.5 Å². The van der Waals surface area contributed by atoms with Gasteiger partial charge in [-0.05, 0) is 60.4 Å². The summed E-state index contributed by atoms with van der Waals surface area (Å²) in [5, 5.41) is 15.6. The average molecular weight is 555 g/mol. The number of nitrogens with one attached hydrogen (secondary N) is 1. The quantitative estimate of drug-likeness (QED) is 0.317. The molecule has 1 atom stereocenters. The van der Waals surface area contributed by atoms with Crippen molar-refractivity contribution in [2.24, 2.45) is 0 Å². The maximum Gasteiger partial charge on any atom is 0.433 e. The molecule has 0 saturated carbocycles. The number of piperidine rings is 1. The van der Waals surface area contributed by atoms with E-state index in [1.54, 1.807) is 48.7 Å². The van der Waals surface area contributed by atoms with Gasteiger partial charge in [0.15, 0.2) is 0 Å². The van der Waals surface area contributed by atoms with E-state index in [1.165, 1.54) is 12.3 Å². The smallest absolute Gasteiger partial charge is 0.385 e. The van der Waals surface area contributed by atoms with Crippen molar-refractivity contribution in [2.75, 3.05) is 19.6 Å². The lowest BCUT2D eigenvalue weighted by Crippen LogP contribution is -2.46. The molecule has 1 amide bonds. The topological polar surface area (TPSA) is 78.4 Å². The first-order chi connectivity index (χ1) is 18.6. The molecule has 1 fully saturated rings. The highest BCUT2D eigenvalue weighted by Crippen LogP contribution is 2.36. The summed E-state index contributed by atoms with van der Waals surface area (Å²) >= 11 is 6.00. The number of fused-ring (bicyclic) bond motifs is 1. The third-order valence-electron chi connectivity index (χ3n) is 7.26. The summed E-state index contributed by atoms with van der Waals surface area (Å²) in [4.78, 5) is 23.2. The zero-order chi connectivity index (χ0) is 27.6. The van der Waals surface area contributed by atoms with Gasteiger partial charge in [-0.1, -0.05) is 41.9 Å². The van der Waals surface area contributed by atoms with Crippen LogP contribution in [0.25, 0.3) is 10.9 Å². The lowest BCUT2D eigenvalue weighted by Gasteiger charge is -2.42. The fourth-order valence-corrected chi connectivity index (χ4v) is 5.19. The highest BCUT2D eigenvalue weighted by molar-refractivity contribution is 6.30. The Balaban J connectivity index is 1.37. The molecule has 39 heavy (non-hydrogen) atoms. The minimum absolute atomic E-state index is 0.141. The van der Waals surface area contributed by atoms with Crippen LogP contribution in [0.4, 0.5) is 13.2 Å². The van der Waals surface area contributed by atoms with Crippen molar-refractivity contribution in [3.05, 3.63) is 107 Å². The van der Waals surface area contributed by atoms with Crippen LogP contribution in [0.5, 0.6) is 0 Å². The van der Waals surface area contributed by atoms with Crippen LogP contribution in [-0.2, 0) is 11.8 Å². The number of carbonyl (C=O) groups excluding carboxylic acids is 1. The van der Waals surface area contributed by atoms with E-state index in [1.807, 2.05) is 12.1 Å². The van der Waals surface area contributed by atoms with Gasteiger partial charge in [-0.2, -0.15) is 13.2 Å². The first kappa shape index (κ1) is 27.1. The summed E-state index contributed by atoms with van der Waals surface area (Å²) in [6, 6.07) is 17.8. The predicted molar refractivity (Wildman–Crippen MR) is 142 cm³/mol. The third kappa shape index (κ3) is 5.90. The Morgan fingerprint density at radius 1 is 1.03 bits per heavy atom. The first-order valence-corrected chi connectivity index (χ1v) is 12.9. The van der Waals surface area contributed by atoms with Gasteiger partial charge in [0, 0.05) is 48.0 Å². The number of amides is 1. The predicted octanol–water partition coefficient (Wildman–Crippen LogP) is 5.76. The summed E-state index contributed by atoms with van der Waals surface area (Å²) in [6.45, 7) is 1.06. The lowest BCUT2D eigenvalue weighted by atomic mass is 9.83. The number of hydrogen-bond donors (Lipinski definition) is 2.